The van der Waals surface area contributed by atoms with Crippen LogP contribution in [0.1, 0.15) is 33.1 Å². The van der Waals surface area contributed by atoms with Gasteiger partial charge in [0.2, 0.25) is 0 Å². The molecule has 1 rings (SSSR count). The average Bonchev–Trinajstić information content (AvgIpc) is 2.35. The third kappa shape index (κ3) is 3.43. The maximum absolute atomic E-state index is 11.6. The topological polar surface area (TPSA) is 70.4 Å². The van der Waals surface area contributed by atoms with Gasteiger partial charge in [0, 0.05) is 6.04 Å². The third-order valence-corrected chi connectivity index (χ3v) is 3.28. The predicted molar refractivity (Wildman–Crippen MR) is 64.7 cm³/mol. The van der Waals surface area contributed by atoms with Gasteiger partial charge in [0.25, 0.3) is 5.91 Å². The van der Waals surface area contributed by atoms with Crippen molar-refractivity contribution in [3.8, 4) is 0 Å². The molecule has 1 fully saturated rings. The summed E-state index contributed by atoms with van der Waals surface area (Å²) < 4.78 is 0. The number of hydrazine groups is 1. The first-order valence-corrected chi connectivity index (χ1v) is 6.17. The number of piperidine rings is 1. The molecule has 16 heavy (non-hydrogen) atoms. The van der Waals surface area contributed by atoms with Crippen LogP contribution in [-0.4, -0.2) is 42.5 Å². The molecule has 0 aliphatic carbocycles. The second-order valence-electron chi connectivity index (χ2n) is 4.40. The standard InChI is InChI=1S/C11H24N4O/c1-3-8-15(9(2)11(16)14-12)10-4-6-13-7-5-10/h9-10,13H,3-8,12H2,1-2H3,(H,14,16). The molecule has 1 aliphatic heterocycles. The molecule has 0 aromatic rings. The number of nitrogens with one attached hydrogen (secondary N) is 2. The number of nitrogens with zero attached hydrogens (tertiary/aromatic N) is 1. The lowest BCUT2D eigenvalue weighted by atomic mass is 10.0. The molecule has 0 radical (unpaired) electrons. The molecule has 5 heteroatoms. The van der Waals surface area contributed by atoms with E-state index in [0.717, 1.165) is 38.9 Å². The van der Waals surface area contributed by atoms with Crippen LogP contribution in [0.25, 0.3) is 0 Å². The van der Waals surface area contributed by atoms with E-state index in [-0.39, 0.29) is 11.9 Å². The van der Waals surface area contributed by atoms with Gasteiger partial charge in [-0.25, -0.2) is 5.84 Å². The number of rotatable bonds is 5. The molecule has 1 saturated heterocycles. The van der Waals surface area contributed by atoms with Gasteiger partial charge in [0.15, 0.2) is 0 Å². The summed E-state index contributed by atoms with van der Waals surface area (Å²) in [5, 5.41) is 3.34. The number of amides is 1. The predicted octanol–water partition coefficient (Wildman–Crippen LogP) is -0.171. The first-order valence-electron chi connectivity index (χ1n) is 6.17. The summed E-state index contributed by atoms with van der Waals surface area (Å²) in [5.74, 6) is 5.11. The molecule has 1 aliphatic rings. The highest BCUT2D eigenvalue weighted by molar-refractivity contribution is 5.80. The largest absolute Gasteiger partial charge is 0.317 e. The van der Waals surface area contributed by atoms with E-state index in [1.54, 1.807) is 0 Å². The van der Waals surface area contributed by atoms with E-state index < -0.39 is 0 Å². The Labute approximate surface area is 97.7 Å². The Balaban J connectivity index is 2.60. The summed E-state index contributed by atoms with van der Waals surface area (Å²) in [7, 11) is 0. The van der Waals surface area contributed by atoms with E-state index in [4.69, 9.17) is 5.84 Å². The van der Waals surface area contributed by atoms with Gasteiger partial charge in [-0.15, -0.1) is 0 Å². The van der Waals surface area contributed by atoms with E-state index in [9.17, 15) is 4.79 Å². The van der Waals surface area contributed by atoms with Crippen molar-refractivity contribution in [2.75, 3.05) is 19.6 Å². The Morgan fingerprint density at radius 3 is 2.69 bits per heavy atom. The maximum atomic E-state index is 11.6. The molecule has 1 amide bonds. The number of carbonyl (C=O) groups is 1. The zero-order valence-corrected chi connectivity index (χ0v) is 10.3. The van der Waals surface area contributed by atoms with E-state index >= 15 is 0 Å². The van der Waals surface area contributed by atoms with Crippen LogP contribution in [0.15, 0.2) is 0 Å². The smallest absolute Gasteiger partial charge is 0.250 e. The van der Waals surface area contributed by atoms with Crippen LogP contribution in [0.5, 0.6) is 0 Å². The van der Waals surface area contributed by atoms with Crippen molar-refractivity contribution >= 4 is 5.91 Å². The van der Waals surface area contributed by atoms with Gasteiger partial charge >= 0.3 is 0 Å². The van der Waals surface area contributed by atoms with E-state index in [0.29, 0.717) is 6.04 Å². The van der Waals surface area contributed by atoms with Gasteiger partial charge in [-0.05, 0) is 45.8 Å². The van der Waals surface area contributed by atoms with Crippen molar-refractivity contribution in [2.45, 2.75) is 45.2 Å². The van der Waals surface area contributed by atoms with Crippen molar-refractivity contribution < 1.29 is 4.79 Å². The third-order valence-electron chi connectivity index (χ3n) is 3.28. The second-order valence-corrected chi connectivity index (χ2v) is 4.40. The molecule has 0 aromatic carbocycles. The molecule has 1 atom stereocenters. The van der Waals surface area contributed by atoms with Crippen LogP contribution in [0.2, 0.25) is 0 Å². The van der Waals surface area contributed by atoms with Crippen LogP contribution in [0, 0.1) is 0 Å². The number of hydrogen-bond donors (Lipinski definition) is 3. The highest BCUT2D eigenvalue weighted by Gasteiger charge is 2.27. The van der Waals surface area contributed by atoms with Gasteiger partial charge < -0.3 is 5.32 Å². The van der Waals surface area contributed by atoms with Crippen molar-refractivity contribution in [1.82, 2.24) is 15.6 Å². The molecule has 94 valence electrons. The van der Waals surface area contributed by atoms with E-state index in [1.165, 1.54) is 0 Å². The lowest BCUT2D eigenvalue weighted by Crippen LogP contribution is -2.53. The van der Waals surface area contributed by atoms with E-state index in [1.807, 2.05) is 6.92 Å². The normalized spacial score (nSPS) is 19.8. The first kappa shape index (κ1) is 13.4. The van der Waals surface area contributed by atoms with Crippen LogP contribution in [0.4, 0.5) is 0 Å². The van der Waals surface area contributed by atoms with Crippen molar-refractivity contribution in [3.05, 3.63) is 0 Å². The van der Waals surface area contributed by atoms with Crippen LogP contribution in [0.3, 0.4) is 0 Å². The van der Waals surface area contributed by atoms with Gasteiger partial charge in [-0.2, -0.15) is 0 Å². The fourth-order valence-electron chi connectivity index (χ4n) is 2.36. The quantitative estimate of drug-likeness (QED) is 0.347. The summed E-state index contributed by atoms with van der Waals surface area (Å²) in [6, 6.07) is 0.376. The minimum absolute atomic E-state index is 0.0908. The first-order chi connectivity index (χ1) is 7.70. The fourth-order valence-corrected chi connectivity index (χ4v) is 2.36. The molecule has 1 unspecified atom stereocenters. The lowest BCUT2D eigenvalue weighted by molar-refractivity contribution is -0.127. The summed E-state index contributed by atoms with van der Waals surface area (Å²) in [6.07, 6.45) is 3.29. The molecule has 4 N–H and O–H groups in total. The minimum Gasteiger partial charge on any atom is -0.317 e. The van der Waals surface area contributed by atoms with Gasteiger partial charge in [-0.3, -0.25) is 15.1 Å². The molecular weight excluding hydrogens is 204 g/mol. The van der Waals surface area contributed by atoms with Crippen molar-refractivity contribution in [3.63, 3.8) is 0 Å². The Morgan fingerprint density at radius 2 is 2.19 bits per heavy atom. The highest BCUT2D eigenvalue weighted by atomic mass is 16.2. The molecule has 0 bridgehead atoms. The molecule has 1 heterocycles. The zero-order valence-electron chi connectivity index (χ0n) is 10.3. The zero-order chi connectivity index (χ0) is 12.0. The highest BCUT2D eigenvalue weighted by Crippen LogP contribution is 2.15. The number of hydrogen-bond acceptors (Lipinski definition) is 4. The maximum Gasteiger partial charge on any atom is 0.250 e. The van der Waals surface area contributed by atoms with Crippen LogP contribution in [-0.2, 0) is 4.79 Å². The molecule has 0 aromatic heterocycles. The summed E-state index contributed by atoms with van der Waals surface area (Å²) in [6.45, 7) is 7.12. The fraction of sp³-hybridized carbons (Fsp3) is 0.909. The molecule has 5 nitrogen and oxygen atoms in total. The Hall–Kier alpha value is -0.650. The summed E-state index contributed by atoms with van der Waals surface area (Å²) in [4.78, 5) is 13.9. The Kier molecular flexibility index (Phi) is 5.73. The molecule has 0 saturated carbocycles. The average molecular weight is 228 g/mol. The SMILES string of the molecule is CCCN(C1CCNCC1)C(C)C(=O)NN. The minimum atomic E-state index is -0.131. The Bertz CT molecular complexity index is 216. The summed E-state index contributed by atoms with van der Waals surface area (Å²) >= 11 is 0. The monoisotopic (exact) mass is 228 g/mol. The van der Waals surface area contributed by atoms with Gasteiger partial charge in [0.1, 0.15) is 0 Å². The van der Waals surface area contributed by atoms with Gasteiger partial charge in [-0.1, -0.05) is 6.92 Å². The van der Waals surface area contributed by atoms with Crippen LogP contribution >= 0.6 is 0 Å². The van der Waals surface area contributed by atoms with Gasteiger partial charge in [0.05, 0.1) is 6.04 Å². The molecule has 0 spiro atoms. The summed E-state index contributed by atoms with van der Waals surface area (Å²) in [5.41, 5.74) is 2.25. The van der Waals surface area contributed by atoms with Crippen LogP contribution < -0.4 is 16.6 Å². The number of carbonyl (C=O) groups excluding carboxylic acids is 1. The van der Waals surface area contributed by atoms with Crippen molar-refractivity contribution in [1.29, 1.82) is 0 Å². The second kappa shape index (κ2) is 6.83. The number of nitrogens with two attached hydrogens (primary N) is 1. The van der Waals surface area contributed by atoms with Crippen molar-refractivity contribution in [2.24, 2.45) is 5.84 Å². The lowest BCUT2D eigenvalue weighted by Gasteiger charge is -2.37. The van der Waals surface area contributed by atoms with E-state index in [2.05, 4.69) is 22.6 Å². The Morgan fingerprint density at radius 1 is 1.56 bits per heavy atom. The molecular formula is C11H24N4O.